The second-order valence-electron chi connectivity index (χ2n) is 5.99. The standard InChI is InChI=1S/C17H23Cl2N3O2.ClH/c1-2-8-22(17(24)10-13-4-3-7-20-13)11-16(23)21-15-6-5-12(18)9-14(15)19;/h5-6,9,13,20H,2-4,7-8,10-11H2,1H3,(H,21,23);1H. The van der Waals surface area contributed by atoms with Gasteiger partial charge in [0.2, 0.25) is 11.8 Å². The molecular formula is C17H24Cl3N3O2. The third-order valence-corrected chi connectivity index (χ3v) is 4.52. The molecule has 1 unspecified atom stereocenters. The maximum absolute atomic E-state index is 12.5. The summed E-state index contributed by atoms with van der Waals surface area (Å²) >= 11 is 11.9. The van der Waals surface area contributed by atoms with Crippen LogP contribution in [-0.2, 0) is 9.59 Å². The lowest BCUT2D eigenvalue weighted by molar-refractivity contribution is -0.135. The summed E-state index contributed by atoms with van der Waals surface area (Å²) in [7, 11) is 0. The summed E-state index contributed by atoms with van der Waals surface area (Å²) in [5.74, 6) is -0.256. The fourth-order valence-electron chi connectivity index (χ4n) is 2.79. The summed E-state index contributed by atoms with van der Waals surface area (Å²) in [6, 6.07) is 5.10. The van der Waals surface area contributed by atoms with Crippen LogP contribution in [0.4, 0.5) is 5.69 Å². The van der Waals surface area contributed by atoms with Crippen LogP contribution in [0, 0.1) is 0 Å². The number of hydrogen-bond acceptors (Lipinski definition) is 3. The zero-order valence-corrected chi connectivity index (χ0v) is 16.5. The minimum atomic E-state index is -0.264. The fraction of sp³-hybridized carbons (Fsp3) is 0.529. The highest BCUT2D eigenvalue weighted by molar-refractivity contribution is 6.36. The second-order valence-corrected chi connectivity index (χ2v) is 6.83. The molecule has 1 atom stereocenters. The van der Waals surface area contributed by atoms with Crippen LogP contribution in [0.5, 0.6) is 0 Å². The number of nitrogens with one attached hydrogen (secondary N) is 2. The smallest absolute Gasteiger partial charge is 0.244 e. The highest BCUT2D eigenvalue weighted by Crippen LogP contribution is 2.25. The summed E-state index contributed by atoms with van der Waals surface area (Å²) < 4.78 is 0. The van der Waals surface area contributed by atoms with Gasteiger partial charge in [-0.1, -0.05) is 30.1 Å². The van der Waals surface area contributed by atoms with E-state index in [2.05, 4.69) is 10.6 Å². The molecule has 1 aromatic rings. The molecule has 0 aliphatic carbocycles. The van der Waals surface area contributed by atoms with Crippen LogP contribution in [0.2, 0.25) is 10.0 Å². The van der Waals surface area contributed by atoms with Crippen LogP contribution in [0.15, 0.2) is 18.2 Å². The largest absolute Gasteiger partial charge is 0.333 e. The Morgan fingerprint density at radius 2 is 2.12 bits per heavy atom. The molecule has 0 radical (unpaired) electrons. The van der Waals surface area contributed by atoms with Crippen LogP contribution in [0.25, 0.3) is 0 Å². The summed E-state index contributed by atoms with van der Waals surface area (Å²) in [5, 5.41) is 6.93. The van der Waals surface area contributed by atoms with Crippen LogP contribution in [-0.4, -0.2) is 42.4 Å². The van der Waals surface area contributed by atoms with Gasteiger partial charge >= 0.3 is 0 Å². The minimum Gasteiger partial charge on any atom is -0.333 e. The number of anilines is 1. The third-order valence-electron chi connectivity index (χ3n) is 3.97. The Hall–Kier alpha value is -1.01. The van der Waals surface area contributed by atoms with E-state index in [1.807, 2.05) is 6.92 Å². The first-order valence-corrected chi connectivity index (χ1v) is 9.01. The van der Waals surface area contributed by atoms with Crippen LogP contribution in [0.3, 0.4) is 0 Å². The monoisotopic (exact) mass is 407 g/mol. The summed E-state index contributed by atoms with van der Waals surface area (Å²) in [6.45, 7) is 3.54. The molecule has 2 amide bonds. The van der Waals surface area contributed by atoms with Crippen molar-refractivity contribution < 1.29 is 9.59 Å². The van der Waals surface area contributed by atoms with Crippen molar-refractivity contribution in [3.63, 3.8) is 0 Å². The van der Waals surface area contributed by atoms with Gasteiger partial charge in [-0.3, -0.25) is 9.59 Å². The van der Waals surface area contributed by atoms with Crippen LogP contribution < -0.4 is 10.6 Å². The lowest BCUT2D eigenvalue weighted by Crippen LogP contribution is -2.41. The SMILES string of the molecule is CCCN(CC(=O)Nc1ccc(Cl)cc1Cl)C(=O)CC1CCCN1.Cl. The van der Waals surface area contributed by atoms with E-state index in [4.69, 9.17) is 23.2 Å². The van der Waals surface area contributed by atoms with Crippen molar-refractivity contribution in [3.05, 3.63) is 28.2 Å². The zero-order valence-electron chi connectivity index (χ0n) is 14.2. The second kappa shape index (κ2) is 10.9. The Balaban J connectivity index is 0.00000312. The minimum absolute atomic E-state index is 0. The molecule has 2 N–H and O–H groups in total. The van der Waals surface area contributed by atoms with Crippen LogP contribution in [0.1, 0.15) is 32.6 Å². The number of halogens is 3. The van der Waals surface area contributed by atoms with Gasteiger partial charge in [0.25, 0.3) is 0 Å². The molecule has 5 nitrogen and oxygen atoms in total. The average molecular weight is 409 g/mol. The van der Waals surface area contributed by atoms with E-state index < -0.39 is 0 Å². The Morgan fingerprint density at radius 1 is 1.36 bits per heavy atom. The lowest BCUT2D eigenvalue weighted by atomic mass is 10.1. The third kappa shape index (κ3) is 7.02. The van der Waals surface area contributed by atoms with Crippen LogP contribution >= 0.6 is 35.6 Å². The number of benzene rings is 1. The van der Waals surface area contributed by atoms with E-state index in [0.29, 0.717) is 28.7 Å². The molecule has 140 valence electrons. The molecule has 0 bridgehead atoms. The van der Waals surface area contributed by atoms with E-state index >= 15 is 0 Å². The molecule has 2 rings (SSSR count). The van der Waals surface area contributed by atoms with Gasteiger partial charge in [-0.25, -0.2) is 0 Å². The van der Waals surface area contributed by atoms with Crippen molar-refractivity contribution in [2.75, 3.05) is 25.0 Å². The number of nitrogens with zero attached hydrogens (tertiary/aromatic N) is 1. The average Bonchev–Trinajstić information content (AvgIpc) is 3.02. The Labute approximate surface area is 164 Å². The van der Waals surface area contributed by atoms with Crippen molar-refractivity contribution in [1.29, 1.82) is 0 Å². The molecule has 1 aliphatic rings. The van der Waals surface area contributed by atoms with E-state index in [0.717, 1.165) is 25.8 Å². The first-order valence-electron chi connectivity index (χ1n) is 8.25. The first-order chi connectivity index (χ1) is 11.5. The number of carbonyl (C=O) groups is 2. The van der Waals surface area contributed by atoms with E-state index in [1.165, 1.54) is 0 Å². The number of hydrogen-bond donors (Lipinski definition) is 2. The molecule has 1 fully saturated rings. The van der Waals surface area contributed by atoms with Crippen molar-refractivity contribution in [1.82, 2.24) is 10.2 Å². The van der Waals surface area contributed by atoms with Gasteiger partial charge in [-0.15, -0.1) is 12.4 Å². The predicted molar refractivity (Wildman–Crippen MR) is 105 cm³/mol. The molecular weight excluding hydrogens is 385 g/mol. The van der Waals surface area contributed by atoms with E-state index in [1.54, 1.807) is 23.1 Å². The highest BCUT2D eigenvalue weighted by Gasteiger charge is 2.23. The van der Waals surface area contributed by atoms with Gasteiger partial charge in [0, 0.05) is 24.0 Å². The van der Waals surface area contributed by atoms with Gasteiger partial charge in [0.1, 0.15) is 0 Å². The molecule has 1 heterocycles. The van der Waals surface area contributed by atoms with Gasteiger partial charge in [0.15, 0.2) is 0 Å². The van der Waals surface area contributed by atoms with Gasteiger partial charge in [-0.05, 0) is 44.0 Å². The van der Waals surface area contributed by atoms with Crippen molar-refractivity contribution in [2.24, 2.45) is 0 Å². The lowest BCUT2D eigenvalue weighted by Gasteiger charge is -2.23. The van der Waals surface area contributed by atoms with Gasteiger partial charge in [0.05, 0.1) is 17.3 Å². The zero-order chi connectivity index (χ0) is 17.5. The van der Waals surface area contributed by atoms with Crippen molar-refractivity contribution in [3.8, 4) is 0 Å². The van der Waals surface area contributed by atoms with Gasteiger partial charge in [-0.2, -0.15) is 0 Å². The molecule has 0 aromatic heterocycles. The molecule has 0 spiro atoms. The Kier molecular flexibility index (Phi) is 9.57. The summed E-state index contributed by atoms with van der Waals surface area (Å²) in [4.78, 5) is 26.3. The summed E-state index contributed by atoms with van der Waals surface area (Å²) in [6.07, 6.45) is 3.35. The van der Waals surface area contributed by atoms with Gasteiger partial charge < -0.3 is 15.5 Å². The van der Waals surface area contributed by atoms with E-state index in [9.17, 15) is 9.59 Å². The molecule has 1 saturated heterocycles. The molecule has 1 aliphatic heterocycles. The number of amides is 2. The molecule has 1 aromatic carbocycles. The quantitative estimate of drug-likeness (QED) is 0.722. The normalized spacial score (nSPS) is 16.2. The molecule has 0 saturated carbocycles. The number of carbonyl (C=O) groups excluding carboxylic acids is 2. The maximum Gasteiger partial charge on any atom is 0.244 e. The number of rotatable bonds is 7. The molecule has 25 heavy (non-hydrogen) atoms. The first kappa shape index (κ1) is 22.0. The van der Waals surface area contributed by atoms with E-state index in [-0.39, 0.29) is 36.8 Å². The maximum atomic E-state index is 12.5. The predicted octanol–water partition coefficient (Wildman–Crippen LogP) is 3.73. The molecule has 8 heteroatoms. The fourth-order valence-corrected chi connectivity index (χ4v) is 3.24. The van der Waals surface area contributed by atoms with Crippen molar-refractivity contribution in [2.45, 2.75) is 38.6 Å². The highest BCUT2D eigenvalue weighted by atomic mass is 35.5. The van der Waals surface area contributed by atoms with Crippen molar-refractivity contribution >= 4 is 53.1 Å². The Morgan fingerprint density at radius 3 is 2.72 bits per heavy atom. The Bertz CT molecular complexity index is 593. The summed E-state index contributed by atoms with van der Waals surface area (Å²) in [5.41, 5.74) is 0.493. The topological polar surface area (TPSA) is 61.4 Å².